The molecule has 3 heteroatoms. The zero-order valence-corrected chi connectivity index (χ0v) is 14.1. The summed E-state index contributed by atoms with van der Waals surface area (Å²) >= 11 is 0. The van der Waals surface area contributed by atoms with E-state index >= 15 is 0 Å². The lowest BCUT2D eigenvalue weighted by Gasteiger charge is -2.13. The van der Waals surface area contributed by atoms with Crippen LogP contribution in [0.2, 0.25) is 0 Å². The number of amidine groups is 1. The van der Waals surface area contributed by atoms with E-state index in [0.29, 0.717) is 5.56 Å². The van der Waals surface area contributed by atoms with Gasteiger partial charge in [0, 0.05) is 11.1 Å². The molecule has 0 unspecified atom stereocenters. The summed E-state index contributed by atoms with van der Waals surface area (Å²) in [7, 11) is 0. The highest BCUT2D eigenvalue weighted by Crippen LogP contribution is 2.51. The fraction of sp³-hybridized carbons (Fsp3) is 0.300. The van der Waals surface area contributed by atoms with Crippen molar-refractivity contribution in [1.29, 1.82) is 0 Å². The van der Waals surface area contributed by atoms with E-state index in [2.05, 4.69) is 37.6 Å². The van der Waals surface area contributed by atoms with Crippen molar-refractivity contribution >= 4 is 11.7 Å². The number of benzene rings is 2. The van der Waals surface area contributed by atoms with Gasteiger partial charge in [-0.15, -0.1) is 0 Å². The molecule has 0 bridgehead atoms. The topological polar surface area (TPSA) is 32.4 Å². The fourth-order valence-corrected chi connectivity index (χ4v) is 3.02. The Morgan fingerprint density at radius 3 is 1.65 bits per heavy atom. The Kier molecular flexibility index (Phi) is 3.59. The van der Waals surface area contributed by atoms with Gasteiger partial charge >= 0.3 is 0 Å². The Bertz CT molecular complexity index is 732. The van der Waals surface area contributed by atoms with Crippen molar-refractivity contribution in [1.82, 2.24) is 4.90 Å². The normalized spacial score (nSPS) is 18.6. The Hall–Kier alpha value is -2.42. The van der Waals surface area contributed by atoms with Crippen LogP contribution in [0, 0.1) is 0 Å². The Morgan fingerprint density at radius 2 is 1.22 bits per heavy atom. The van der Waals surface area contributed by atoms with Crippen molar-refractivity contribution in [3.63, 3.8) is 0 Å². The molecule has 1 aliphatic rings. The van der Waals surface area contributed by atoms with Crippen molar-refractivity contribution in [2.45, 2.75) is 38.8 Å². The molecule has 0 aromatic heterocycles. The fourth-order valence-electron chi connectivity index (χ4n) is 3.02. The molecule has 0 saturated carbocycles. The third-order valence-electron chi connectivity index (χ3n) is 5.04. The number of nitrogens with zero attached hydrogens (tertiary/aromatic N) is 2. The van der Waals surface area contributed by atoms with Crippen LogP contribution in [-0.4, -0.2) is 27.7 Å². The largest absolute Gasteiger partial charge is 0.341 e. The van der Waals surface area contributed by atoms with Gasteiger partial charge in [-0.3, -0.25) is 4.79 Å². The Balaban J connectivity index is 2.04. The van der Waals surface area contributed by atoms with Crippen LogP contribution in [-0.2, 0) is 0 Å². The lowest BCUT2D eigenvalue weighted by atomic mass is 10.0. The highest BCUT2D eigenvalue weighted by Gasteiger charge is 2.64. The van der Waals surface area contributed by atoms with Crippen LogP contribution in [0.15, 0.2) is 65.7 Å². The molecule has 0 N–H and O–H groups in total. The van der Waals surface area contributed by atoms with E-state index in [1.54, 1.807) is 12.1 Å². The Labute approximate surface area is 137 Å². The van der Waals surface area contributed by atoms with Crippen LogP contribution in [0.3, 0.4) is 0 Å². The molecule has 3 nitrogen and oxygen atoms in total. The molecule has 1 amide bonds. The van der Waals surface area contributed by atoms with Gasteiger partial charge in [0.15, 0.2) is 0 Å². The van der Waals surface area contributed by atoms with E-state index < -0.39 is 0 Å². The second-order valence-electron chi connectivity index (χ2n) is 6.93. The molecule has 2 aromatic carbocycles. The molecular formula is C20H22N2O. The minimum atomic E-state index is -0.206. The standard InChI is InChI=1S/C20H22N2O/c1-19(2)20(3,4)22(19)17(15-11-7-5-8-12-15)21-18(23)16-13-9-6-10-14-16/h5-14H,1-4H3. The summed E-state index contributed by atoms with van der Waals surface area (Å²) in [4.78, 5) is 19.3. The SMILES string of the molecule is CC1(C)N(C(=NC(=O)c2ccccc2)c2ccccc2)C1(C)C. The second kappa shape index (κ2) is 5.34. The average molecular weight is 306 g/mol. The van der Waals surface area contributed by atoms with Gasteiger partial charge in [0.25, 0.3) is 5.91 Å². The van der Waals surface area contributed by atoms with Gasteiger partial charge in [0.2, 0.25) is 0 Å². The molecule has 0 atom stereocenters. The zero-order chi connectivity index (χ0) is 16.7. The third kappa shape index (κ3) is 2.56. The van der Waals surface area contributed by atoms with Crippen LogP contribution in [0.4, 0.5) is 0 Å². The average Bonchev–Trinajstić information content (AvgIpc) is 2.96. The summed E-state index contributed by atoms with van der Waals surface area (Å²) in [5, 5.41) is 0. The van der Waals surface area contributed by atoms with E-state index in [4.69, 9.17) is 0 Å². The molecule has 1 saturated heterocycles. The molecule has 0 spiro atoms. The molecule has 118 valence electrons. The van der Waals surface area contributed by atoms with Gasteiger partial charge in [-0.2, -0.15) is 4.99 Å². The maximum absolute atomic E-state index is 12.6. The Morgan fingerprint density at radius 1 is 0.783 bits per heavy atom. The molecular weight excluding hydrogens is 284 g/mol. The number of aliphatic imine (C=N–C) groups is 1. The smallest absolute Gasteiger partial charge is 0.278 e. The van der Waals surface area contributed by atoms with Gasteiger partial charge < -0.3 is 4.90 Å². The maximum atomic E-state index is 12.6. The van der Waals surface area contributed by atoms with Crippen LogP contribution in [0.1, 0.15) is 43.6 Å². The van der Waals surface area contributed by atoms with E-state index in [-0.39, 0.29) is 17.0 Å². The molecule has 0 aliphatic carbocycles. The van der Waals surface area contributed by atoms with Crippen LogP contribution in [0.25, 0.3) is 0 Å². The summed E-state index contributed by atoms with van der Waals surface area (Å²) < 4.78 is 0. The van der Waals surface area contributed by atoms with E-state index in [1.165, 1.54) is 0 Å². The highest BCUT2D eigenvalue weighted by molar-refractivity contribution is 6.11. The summed E-state index contributed by atoms with van der Waals surface area (Å²) in [6.07, 6.45) is 0. The minimum absolute atomic E-state index is 0.0291. The molecule has 23 heavy (non-hydrogen) atoms. The van der Waals surface area contributed by atoms with Crippen molar-refractivity contribution in [3.05, 3.63) is 71.8 Å². The monoisotopic (exact) mass is 306 g/mol. The first kappa shape index (κ1) is 15.5. The van der Waals surface area contributed by atoms with E-state index in [0.717, 1.165) is 11.4 Å². The van der Waals surface area contributed by atoms with Crippen molar-refractivity contribution in [2.75, 3.05) is 0 Å². The highest BCUT2D eigenvalue weighted by atomic mass is 16.1. The number of hydrogen-bond donors (Lipinski definition) is 0. The summed E-state index contributed by atoms with van der Waals surface area (Å²) in [6.45, 7) is 8.72. The van der Waals surface area contributed by atoms with E-state index in [1.807, 2.05) is 48.5 Å². The van der Waals surface area contributed by atoms with Gasteiger partial charge in [-0.05, 0) is 39.8 Å². The second-order valence-corrected chi connectivity index (χ2v) is 6.93. The zero-order valence-electron chi connectivity index (χ0n) is 14.1. The molecule has 1 fully saturated rings. The summed E-state index contributed by atoms with van der Waals surface area (Å²) in [5.74, 6) is 0.539. The summed E-state index contributed by atoms with van der Waals surface area (Å²) in [5.41, 5.74) is 1.52. The summed E-state index contributed by atoms with van der Waals surface area (Å²) in [6, 6.07) is 19.1. The predicted octanol–water partition coefficient (Wildman–Crippen LogP) is 4.15. The lowest BCUT2D eigenvalue weighted by molar-refractivity contribution is 0.100. The van der Waals surface area contributed by atoms with Crippen molar-refractivity contribution in [3.8, 4) is 0 Å². The van der Waals surface area contributed by atoms with E-state index in [9.17, 15) is 4.79 Å². The quantitative estimate of drug-likeness (QED) is 0.474. The molecule has 0 radical (unpaired) electrons. The van der Waals surface area contributed by atoms with Gasteiger partial charge in [0.05, 0.1) is 11.1 Å². The van der Waals surface area contributed by atoms with Gasteiger partial charge in [0.1, 0.15) is 5.84 Å². The van der Waals surface area contributed by atoms with Crippen LogP contribution >= 0.6 is 0 Å². The first-order valence-electron chi connectivity index (χ1n) is 7.89. The molecule has 1 aliphatic heterocycles. The minimum Gasteiger partial charge on any atom is -0.341 e. The number of amides is 1. The number of carbonyl (C=O) groups excluding carboxylic acids is 1. The van der Waals surface area contributed by atoms with Gasteiger partial charge in [-0.1, -0.05) is 48.5 Å². The first-order valence-corrected chi connectivity index (χ1v) is 7.89. The molecule has 3 rings (SSSR count). The lowest BCUT2D eigenvalue weighted by Crippen LogP contribution is -2.22. The number of rotatable bonds is 2. The van der Waals surface area contributed by atoms with Crippen molar-refractivity contribution in [2.24, 2.45) is 4.99 Å². The number of hydrogen-bond acceptors (Lipinski definition) is 1. The molecule has 1 heterocycles. The van der Waals surface area contributed by atoms with Gasteiger partial charge in [-0.25, -0.2) is 0 Å². The molecule has 2 aromatic rings. The predicted molar refractivity (Wildman–Crippen MR) is 93.7 cm³/mol. The van der Waals surface area contributed by atoms with Crippen molar-refractivity contribution < 1.29 is 4.79 Å². The van der Waals surface area contributed by atoms with Crippen LogP contribution < -0.4 is 0 Å². The first-order chi connectivity index (χ1) is 10.9. The van der Waals surface area contributed by atoms with Crippen LogP contribution in [0.5, 0.6) is 0 Å². The third-order valence-corrected chi connectivity index (χ3v) is 5.04. The maximum Gasteiger partial charge on any atom is 0.278 e. The number of carbonyl (C=O) groups is 1.